The summed E-state index contributed by atoms with van der Waals surface area (Å²) in [6, 6.07) is 16.6. The molecule has 0 aliphatic heterocycles. The van der Waals surface area contributed by atoms with E-state index < -0.39 is 0 Å². The van der Waals surface area contributed by atoms with Crippen LogP contribution in [0.15, 0.2) is 48.5 Å². The SMILES string of the molecule is Cc1cccc(NC(=O)CCCSCC(=O)Nc2ccccc2C#N)c1. The van der Waals surface area contributed by atoms with Crippen LogP contribution >= 0.6 is 11.8 Å². The molecule has 0 atom stereocenters. The fraction of sp³-hybridized carbons (Fsp3) is 0.250. The van der Waals surface area contributed by atoms with Gasteiger partial charge in [-0.1, -0.05) is 24.3 Å². The first-order chi connectivity index (χ1) is 12.6. The Hall–Kier alpha value is -2.78. The second kappa shape index (κ2) is 10.3. The zero-order valence-corrected chi connectivity index (χ0v) is 15.4. The Morgan fingerprint density at radius 1 is 1.08 bits per heavy atom. The van der Waals surface area contributed by atoms with Gasteiger partial charge in [-0.25, -0.2) is 0 Å². The van der Waals surface area contributed by atoms with Gasteiger partial charge in [0.15, 0.2) is 0 Å². The molecule has 134 valence electrons. The molecule has 2 N–H and O–H groups in total. The monoisotopic (exact) mass is 367 g/mol. The molecule has 6 heteroatoms. The number of aryl methyl sites for hydroxylation is 1. The van der Waals surface area contributed by atoms with Crippen LogP contribution in [0.25, 0.3) is 0 Å². The number of carbonyl (C=O) groups excluding carboxylic acids is 2. The Morgan fingerprint density at radius 3 is 2.65 bits per heavy atom. The van der Waals surface area contributed by atoms with Gasteiger partial charge in [-0.05, 0) is 48.9 Å². The van der Waals surface area contributed by atoms with E-state index in [1.807, 2.05) is 37.3 Å². The molecule has 0 unspecified atom stereocenters. The molecular weight excluding hydrogens is 346 g/mol. The molecule has 26 heavy (non-hydrogen) atoms. The number of hydrogen-bond donors (Lipinski definition) is 2. The first kappa shape index (κ1) is 19.5. The van der Waals surface area contributed by atoms with Crippen molar-refractivity contribution in [2.75, 3.05) is 22.1 Å². The number of anilines is 2. The Balaban J connectivity index is 1.63. The Bertz CT molecular complexity index is 815. The van der Waals surface area contributed by atoms with Crippen LogP contribution in [0.5, 0.6) is 0 Å². The van der Waals surface area contributed by atoms with E-state index in [0.29, 0.717) is 35.6 Å². The third kappa shape index (κ3) is 6.61. The van der Waals surface area contributed by atoms with Gasteiger partial charge in [0.1, 0.15) is 6.07 Å². The second-order valence-corrected chi connectivity index (χ2v) is 6.88. The number of nitrogens with zero attached hydrogens (tertiary/aromatic N) is 1. The maximum Gasteiger partial charge on any atom is 0.234 e. The Morgan fingerprint density at radius 2 is 1.88 bits per heavy atom. The van der Waals surface area contributed by atoms with Gasteiger partial charge >= 0.3 is 0 Å². The summed E-state index contributed by atoms with van der Waals surface area (Å²) in [6.45, 7) is 1.98. The molecule has 0 heterocycles. The maximum atomic E-state index is 11.9. The summed E-state index contributed by atoms with van der Waals surface area (Å²) < 4.78 is 0. The number of rotatable bonds is 8. The molecule has 0 saturated carbocycles. The number of benzene rings is 2. The summed E-state index contributed by atoms with van der Waals surface area (Å²) in [5, 5.41) is 14.6. The van der Waals surface area contributed by atoms with E-state index in [4.69, 9.17) is 5.26 Å². The third-order valence-electron chi connectivity index (χ3n) is 3.55. The van der Waals surface area contributed by atoms with Crippen LogP contribution in [0.1, 0.15) is 24.0 Å². The fourth-order valence-corrected chi connectivity index (χ4v) is 3.07. The molecule has 2 amide bonds. The zero-order valence-electron chi connectivity index (χ0n) is 14.6. The van der Waals surface area contributed by atoms with Crippen molar-refractivity contribution >= 4 is 35.0 Å². The zero-order chi connectivity index (χ0) is 18.8. The summed E-state index contributed by atoms with van der Waals surface area (Å²) in [6.07, 6.45) is 1.12. The van der Waals surface area contributed by atoms with Crippen LogP contribution in [0, 0.1) is 18.3 Å². The van der Waals surface area contributed by atoms with E-state index in [9.17, 15) is 9.59 Å². The van der Waals surface area contributed by atoms with E-state index in [0.717, 1.165) is 11.3 Å². The topological polar surface area (TPSA) is 82.0 Å². The van der Waals surface area contributed by atoms with Gasteiger partial charge < -0.3 is 10.6 Å². The number of hydrogen-bond acceptors (Lipinski definition) is 4. The van der Waals surface area contributed by atoms with Crippen molar-refractivity contribution in [2.24, 2.45) is 0 Å². The first-order valence-corrected chi connectivity index (χ1v) is 9.47. The molecule has 0 saturated heterocycles. The molecule has 0 fully saturated rings. The van der Waals surface area contributed by atoms with Gasteiger partial charge in [-0.3, -0.25) is 9.59 Å². The van der Waals surface area contributed by atoms with Crippen LogP contribution in [0.2, 0.25) is 0 Å². The second-order valence-electron chi connectivity index (χ2n) is 5.78. The summed E-state index contributed by atoms with van der Waals surface area (Å²) in [4.78, 5) is 23.8. The minimum atomic E-state index is -0.151. The molecule has 2 aromatic rings. The van der Waals surface area contributed by atoms with Crippen molar-refractivity contribution in [1.29, 1.82) is 5.26 Å². The predicted molar refractivity (Wildman–Crippen MR) is 106 cm³/mol. The maximum absolute atomic E-state index is 11.9. The van der Waals surface area contributed by atoms with E-state index in [-0.39, 0.29) is 11.8 Å². The average Bonchev–Trinajstić information content (AvgIpc) is 2.62. The van der Waals surface area contributed by atoms with E-state index >= 15 is 0 Å². The molecule has 2 aromatic carbocycles. The van der Waals surface area contributed by atoms with Crippen molar-refractivity contribution in [3.05, 3.63) is 59.7 Å². The average molecular weight is 367 g/mol. The van der Waals surface area contributed by atoms with Crippen LogP contribution < -0.4 is 10.6 Å². The van der Waals surface area contributed by atoms with Gasteiger partial charge in [-0.2, -0.15) is 17.0 Å². The number of carbonyl (C=O) groups is 2. The molecule has 5 nitrogen and oxygen atoms in total. The number of amides is 2. The lowest BCUT2D eigenvalue weighted by molar-refractivity contribution is -0.116. The fourth-order valence-electron chi connectivity index (χ4n) is 2.32. The quantitative estimate of drug-likeness (QED) is 0.692. The highest BCUT2D eigenvalue weighted by Crippen LogP contribution is 2.15. The minimum Gasteiger partial charge on any atom is -0.326 e. The Kier molecular flexibility index (Phi) is 7.72. The van der Waals surface area contributed by atoms with Crippen molar-refractivity contribution < 1.29 is 9.59 Å². The Labute approximate surface area is 157 Å². The normalized spacial score (nSPS) is 10.0. The predicted octanol–water partition coefficient (Wildman–Crippen LogP) is 3.96. The lowest BCUT2D eigenvalue weighted by Crippen LogP contribution is -2.15. The summed E-state index contributed by atoms with van der Waals surface area (Å²) in [5.41, 5.74) is 2.87. The molecule has 0 aliphatic carbocycles. The van der Waals surface area contributed by atoms with Crippen molar-refractivity contribution in [3.63, 3.8) is 0 Å². The molecule has 2 rings (SSSR count). The summed E-state index contributed by atoms with van der Waals surface area (Å²) >= 11 is 1.47. The highest BCUT2D eigenvalue weighted by Gasteiger charge is 2.07. The largest absolute Gasteiger partial charge is 0.326 e. The highest BCUT2D eigenvalue weighted by molar-refractivity contribution is 7.99. The molecule has 0 aromatic heterocycles. The van der Waals surface area contributed by atoms with Crippen LogP contribution in [0.3, 0.4) is 0 Å². The molecule has 0 spiro atoms. The van der Waals surface area contributed by atoms with Crippen molar-refractivity contribution in [2.45, 2.75) is 19.8 Å². The van der Waals surface area contributed by atoms with Gasteiger partial charge in [0.05, 0.1) is 17.0 Å². The van der Waals surface area contributed by atoms with Crippen LogP contribution in [-0.4, -0.2) is 23.3 Å². The lowest BCUT2D eigenvalue weighted by Gasteiger charge is -2.07. The van der Waals surface area contributed by atoms with Crippen molar-refractivity contribution in [1.82, 2.24) is 0 Å². The van der Waals surface area contributed by atoms with Gasteiger partial charge in [0, 0.05) is 12.1 Å². The number of thioether (sulfide) groups is 1. The number of nitriles is 1. The highest BCUT2D eigenvalue weighted by atomic mass is 32.2. The molecule has 0 bridgehead atoms. The van der Waals surface area contributed by atoms with Gasteiger partial charge in [0.2, 0.25) is 11.8 Å². The van der Waals surface area contributed by atoms with Crippen LogP contribution in [0.4, 0.5) is 11.4 Å². The molecule has 0 radical (unpaired) electrons. The van der Waals surface area contributed by atoms with E-state index in [1.165, 1.54) is 11.8 Å². The minimum absolute atomic E-state index is 0.0244. The number of nitrogens with one attached hydrogen (secondary N) is 2. The van der Waals surface area contributed by atoms with Crippen molar-refractivity contribution in [3.8, 4) is 6.07 Å². The van der Waals surface area contributed by atoms with E-state index in [1.54, 1.807) is 24.3 Å². The van der Waals surface area contributed by atoms with Gasteiger partial charge in [0.25, 0.3) is 0 Å². The molecular formula is C20H21N3O2S. The standard InChI is InChI=1S/C20H21N3O2S/c1-15-6-4-8-17(12-15)22-19(24)10-5-11-26-14-20(25)23-18-9-3-2-7-16(18)13-21/h2-4,6-9,12H,5,10-11,14H2,1H3,(H,22,24)(H,23,25). The molecule has 0 aliphatic rings. The first-order valence-electron chi connectivity index (χ1n) is 8.32. The summed E-state index contributed by atoms with van der Waals surface area (Å²) in [7, 11) is 0. The smallest absolute Gasteiger partial charge is 0.234 e. The number of para-hydroxylation sites is 1. The summed E-state index contributed by atoms with van der Waals surface area (Å²) in [5.74, 6) is 0.832. The van der Waals surface area contributed by atoms with E-state index in [2.05, 4.69) is 10.6 Å². The van der Waals surface area contributed by atoms with Gasteiger partial charge in [-0.15, -0.1) is 0 Å². The third-order valence-corrected chi connectivity index (χ3v) is 4.59. The lowest BCUT2D eigenvalue weighted by atomic mass is 10.2. The van der Waals surface area contributed by atoms with Crippen LogP contribution in [-0.2, 0) is 9.59 Å².